The predicted octanol–water partition coefficient (Wildman–Crippen LogP) is 3.08. The summed E-state index contributed by atoms with van der Waals surface area (Å²) in [5.41, 5.74) is 2.48. The van der Waals surface area contributed by atoms with Gasteiger partial charge in [-0.3, -0.25) is 9.36 Å². The molecule has 2 aromatic carbocycles. The highest BCUT2D eigenvalue weighted by molar-refractivity contribution is 7.07. The molecule has 4 rings (SSSR count). The van der Waals surface area contributed by atoms with Crippen molar-refractivity contribution < 1.29 is 14.3 Å². The molecular formula is C25H22N2O4S. The third-order valence-electron chi connectivity index (χ3n) is 5.19. The maximum absolute atomic E-state index is 13.4. The molecule has 162 valence electrons. The second-order valence-corrected chi connectivity index (χ2v) is 8.15. The Morgan fingerprint density at radius 1 is 1.09 bits per heavy atom. The predicted molar refractivity (Wildman–Crippen MR) is 125 cm³/mol. The molecule has 0 saturated carbocycles. The molecule has 0 spiro atoms. The molecule has 0 bridgehead atoms. The standard InChI is InChI=1S/C25H22N2O4S/c1-16-21(24(29)31-3)22(18-12-14-19(30-2)15-13-18)27-23(28)20(32-25(27)26-16)11-7-10-17-8-5-4-6-9-17/h4-15,22H,1-3H3/b10-7+,20-11?/t22-/m1/s1. The average molecular weight is 447 g/mol. The van der Waals surface area contributed by atoms with E-state index in [4.69, 9.17) is 9.47 Å². The van der Waals surface area contributed by atoms with Gasteiger partial charge in [0.1, 0.15) is 5.75 Å². The van der Waals surface area contributed by atoms with Crippen molar-refractivity contribution in [3.05, 3.63) is 103 Å². The van der Waals surface area contributed by atoms with Crippen molar-refractivity contribution in [2.45, 2.75) is 13.0 Å². The van der Waals surface area contributed by atoms with Crippen LogP contribution in [0.25, 0.3) is 12.2 Å². The van der Waals surface area contributed by atoms with Gasteiger partial charge in [0.2, 0.25) is 0 Å². The number of carbonyl (C=O) groups is 1. The van der Waals surface area contributed by atoms with Crippen LogP contribution < -0.4 is 19.6 Å². The van der Waals surface area contributed by atoms with Gasteiger partial charge in [-0.1, -0.05) is 66.0 Å². The summed E-state index contributed by atoms with van der Waals surface area (Å²) < 4.78 is 12.4. The first kappa shape index (κ1) is 21.5. The molecule has 1 atom stereocenters. The van der Waals surface area contributed by atoms with Crippen molar-refractivity contribution in [3.63, 3.8) is 0 Å². The van der Waals surface area contributed by atoms with Crippen molar-refractivity contribution in [2.24, 2.45) is 4.99 Å². The average Bonchev–Trinajstić information content (AvgIpc) is 3.13. The first-order valence-electron chi connectivity index (χ1n) is 10.00. The number of fused-ring (bicyclic) bond motifs is 1. The Morgan fingerprint density at radius 3 is 2.47 bits per heavy atom. The van der Waals surface area contributed by atoms with E-state index in [2.05, 4.69) is 4.99 Å². The lowest BCUT2D eigenvalue weighted by molar-refractivity contribution is -0.136. The Balaban J connectivity index is 1.86. The zero-order chi connectivity index (χ0) is 22.7. The molecule has 6 nitrogen and oxygen atoms in total. The van der Waals surface area contributed by atoms with Gasteiger partial charge in [-0.25, -0.2) is 9.79 Å². The molecule has 2 heterocycles. The molecule has 7 heteroatoms. The Bertz CT molecular complexity index is 1380. The lowest BCUT2D eigenvalue weighted by atomic mass is 9.96. The van der Waals surface area contributed by atoms with Crippen LogP contribution in [0.15, 0.2) is 81.7 Å². The number of esters is 1. The molecule has 0 unspecified atom stereocenters. The molecule has 32 heavy (non-hydrogen) atoms. The highest BCUT2D eigenvalue weighted by Gasteiger charge is 2.32. The fourth-order valence-corrected chi connectivity index (χ4v) is 4.62. The Morgan fingerprint density at radius 2 is 1.81 bits per heavy atom. The number of benzene rings is 2. The van der Waals surface area contributed by atoms with E-state index in [-0.39, 0.29) is 5.56 Å². The third-order valence-corrected chi connectivity index (χ3v) is 6.20. The molecule has 0 amide bonds. The summed E-state index contributed by atoms with van der Waals surface area (Å²) in [7, 11) is 2.91. The van der Waals surface area contributed by atoms with Gasteiger partial charge in [0.25, 0.3) is 5.56 Å². The number of methoxy groups -OCH3 is 2. The zero-order valence-electron chi connectivity index (χ0n) is 17.9. The first-order chi connectivity index (χ1) is 15.5. The number of nitrogens with zero attached hydrogens (tertiary/aromatic N) is 2. The smallest absolute Gasteiger partial charge is 0.338 e. The lowest BCUT2D eigenvalue weighted by Crippen LogP contribution is -2.39. The number of hydrogen-bond donors (Lipinski definition) is 0. The van der Waals surface area contributed by atoms with E-state index in [9.17, 15) is 9.59 Å². The SMILES string of the molecule is COC(=O)C1=C(C)N=c2sc(=C/C=C/c3ccccc3)c(=O)n2[C@@H]1c1ccc(OC)cc1. The largest absolute Gasteiger partial charge is 0.497 e. The summed E-state index contributed by atoms with van der Waals surface area (Å²) in [6, 6.07) is 16.5. The summed E-state index contributed by atoms with van der Waals surface area (Å²) in [6.45, 7) is 1.76. The molecule has 0 saturated heterocycles. The van der Waals surface area contributed by atoms with Crippen molar-refractivity contribution >= 4 is 29.5 Å². The molecule has 1 aliphatic rings. The number of thiazole rings is 1. The fraction of sp³-hybridized carbons (Fsp3) is 0.160. The summed E-state index contributed by atoms with van der Waals surface area (Å²) in [5.74, 6) is 0.179. The second-order valence-electron chi connectivity index (χ2n) is 7.14. The van der Waals surface area contributed by atoms with Crippen molar-refractivity contribution in [1.82, 2.24) is 4.57 Å². The van der Waals surface area contributed by atoms with Gasteiger partial charge in [0.15, 0.2) is 4.80 Å². The van der Waals surface area contributed by atoms with Gasteiger partial charge in [-0.05, 0) is 36.3 Å². The van der Waals surface area contributed by atoms with Crippen LogP contribution in [0.2, 0.25) is 0 Å². The van der Waals surface area contributed by atoms with Crippen LogP contribution >= 0.6 is 11.3 Å². The minimum Gasteiger partial charge on any atom is -0.497 e. The van der Waals surface area contributed by atoms with Crippen LogP contribution in [0.1, 0.15) is 24.1 Å². The van der Waals surface area contributed by atoms with Gasteiger partial charge in [-0.2, -0.15) is 0 Å². The zero-order valence-corrected chi connectivity index (χ0v) is 18.8. The molecule has 0 aliphatic carbocycles. The summed E-state index contributed by atoms with van der Waals surface area (Å²) in [6.07, 6.45) is 5.56. The van der Waals surface area contributed by atoms with Gasteiger partial charge in [0, 0.05) is 0 Å². The van der Waals surface area contributed by atoms with Crippen LogP contribution in [-0.2, 0) is 9.53 Å². The van der Waals surface area contributed by atoms with Crippen LogP contribution in [0.5, 0.6) is 5.75 Å². The molecule has 0 radical (unpaired) electrons. The Hall–Kier alpha value is -3.71. The highest BCUT2D eigenvalue weighted by Crippen LogP contribution is 2.31. The molecule has 3 aromatic rings. The van der Waals surface area contributed by atoms with Crippen LogP contribution in [0.4, 0.5) is 0 Å². The molecule has 1 aromatic heterocycles. The molecule has 1 aliphatic heterocycles. The van der Waals surface area contributed by atoms with E-state index in [1.165, 1.54) is 18.4 Å². The molecular weight excluding hydrogens is 424 g/mol. The van der Waals surface area contributed by atoms with Crippen LogP contribution in [0, 0.1) is 0 Å². The first-order valence-corrected chi connectivity index (χ1v) is 10.8. The highest BCUT2D eigenvalue weighted by atomic mass is 32.1. The van der Waals surface area contributed by atoms with Crippen molar-refractivity contribution in [1.29, 1.82) is 0 Å². The monoisotopic (exact) mass is 446 g/mol. The fourth-order valence-electron chi connectivity index (χ4n) is 3.62. The molecule has 0 fully saturated rings. The van der Waals surface area contributed by atoms with E-state index in [0.29, 0.717) is 26.4 Å². The van der Waals surface area contributed by atoms with E-state index in [1.807, 2.05) is 54.6 Å². The number of allylic oxidation sites excluding steroid dienone is 2. The topological polar surface area (TPSA) is 69.9 Å². The van der Waals surface area contributed by atoms with Crippen LogP contribution in [-0.4, -0.2) is 24.8 Å². The maximum atomic E-state index is 13.4. The van der Waals surface area contributed by atoms with E-state index in [1.54, 1.807) is 36.8 Å². The number of aromatic nitrogens is 1. The maximum Gasteiger partial charge on any atom is 0.338 e. The van der Waals surface area contributed by atoms with Gasteiger partial charge in [-0.15, -0.1) is 0 Å². The number of carbonyl (C=O) groups excluding carboxylic acids is 1. The minimum atomic E-state index is -0.634. The number of hydrogen-bond acceptors (Lipinski definition) is 6. The van der Waals surface area contributed by atoms with Gasteiger partial charge in [0.05, 0.1) is 36.1 Å². The second kappa shape index (κ2) is 9.20. The van der Waals surface area contributed by atoms with Gasteiger partial charge >= 0.3 is 5.97 Å². The number of rotatable bonds is 5. The lowest BCUT2D eigenvalue weighted by Gasteiger charge is -2.24. The minimum absolute atomic E-state index is 0.207. The Labute approximate surface area is 189 Å². The van der Waals surface area contributed by atoms with Crippen LogP contribution in [0.3, 0.4) is 0 Å². The van der Waals surface area contributed by atoms with Crippen molar-refractivity contribution in [3.8, 4) is 5.75 Å². The quantitative estimate of drug-likeness (QED) is 0.565. The van der Waals surface area contributed by atoms with Gasteiger partial charge < -0.3 is 9.47 Å². The summed E-state index contributed by atoms with van der Waals surface area (Å²) in [5, 5.41) is 0. The summed E-state index contributed by atoms with van der Waals surface area (Å²) >= 11 is 1.29. The molecule has 0 N–H and O–H groups in total. The number of ether oxygens (including phenoxy) is 2. The normalized spacial score (nSPS) is 16.1. The summed E-state index contributed by atoms with van der Waals surface area (Å²) in [4.78, 5) is 31.1. The van der Waals surface area contributed by atoms with E-state index >= 15 is 0 Å². The van der Waals surface area contributed by atoms with Crippen molar-refractivity contribution in [2.75, 3.05) is 14.2 Å². The van der Waals surface area contributed by atoms with E-state index in [0.717, 1.165) is 11.1 Å². The third kappa shape index (κ3) is 4.07. The Kier molecular flexibility index (Phi) is 6.18. The van der Waals surface area contributed by atoms with E-state index < -0.39 is 12.0 Å².